The first kappa shape index (κ1) is 8.97. The minimum absolute atomic E-state index is 0.403. The number of nitrogens with one attached hydrogen (secondary N) is 1. The first-order chi connectivity index (χ1) is 5.33. The summed E-state index contributed by atoms with van der Waals surface area (Å²) in [5.41, 5.74) is 0. The monoisotopic (exact) mass is 159 g/mol. The molecule has 3 heteroatoms. The Balaban J connectivity index is 1.99. The van der Waals surface area contributed by atoms with E-state index in [1.165, 1.54) is 0 Å². The maximum atomic E-state index is 5.53. The summed E-state index contributed by atoms with van der Waals surface area (Å²) in [4.78, 5) is 0. The van der Waals surface area contributed by atoms with Crippen molar-refractivity contribution in [1.82, 2.24) is 5.32 Å². The predicted octanol–water partition coefficient (Wildman–Crippen LogP) is 0.400. The molecule has 0 saturated carbocycles. The van der Waals surface area contributed by atoms with Crippen LogP contribution in [-0.2, 0) is 9.47 Å². The molecule has 11 heavy (non-hydrogen) atoms. The SMILES string of the molecule is COCCO[C@H]1CN[C@H](C)C1. The Morgan fingerprint density at radius 2 is 2.27 bits per heavy atom. The molecule has 1 fully saturated rings. The van der Waals surface area contributed by atoms with Gasteiger partial charge >= 0.3 is 0 Å². The molecule has 0 aromatic carbocycles. The van der Waals surface area contributed by atoms with Crippen LogP contribution in [0, 0.1) is 0 Å². The van der Waals surface area contributed by atoms with Gasteiger partial charge in [0.05, 0.1) is 19.3 Å². The van der Waals surface area contributed by atoms with Crippen LogP contribution >= 0.6 is 0 Å². The maximum Gasteiger partial charge on any atom is 0.0715 e. The van der Waals surface area contributed by atoms with Gasteiger partial charge < -0.3 is 14.8 Å². The Labute approximate surface area is 68.1 Å². The highest BCUT2D eigenvalue weighted by Crippen LogP contribution is 2.08. The molecule has 1 N–H and O–H groups in total. The smallest absolute Gasteiger partial charge is 0.0715 e. The van der Waals surface area contributed by atoms with Crippen LogP contribution in [0.4, 0.5) is 0 Å². The molecule has 1 saturated heterocycles. The minimum atomic E-state index is 0.403. The zero-order valence-electron chi connectivity index (χ0n) is 7.30. The molecular weight excluding hydrogens is 142 g/mol. The summed E-state index contributed by atoms with van der Waals surface area (Å²) >= 11 is 0. The van der Waals surface area contributed by atoms with E-state index in [9.17, 15) is 0 Å². The van der Waals surface area contributed by atoms with Gasteiger partial charge in [0.25, 0.3) is 0 Å². The van der Waals surface area contributed by atoms with E-state index in [4.69, 9.17) is 9.47 Å². The quantitative estimate of drug-likeness (QED) is 0.602. The highest BCUT2D eigenvalue weighted by molar-refractivity contribution is 4.78. The summed E-state index contributed by atoms with van der Waals surface area (Å²) < 4.78 is 10.4. The van der Waals surface area contributed by atoms with Crippen molar-refractivity contribution in [2.45, 2.75) is 25.5 Å². The second-order valence-corrected chi connectivity index (χ2v) is 3.03. The molecule has 1 aliphatic rings. The molecule has 1 aliphatic heterocycles. The lowest BCUT2D eigenvalue weighted by molar-refractivity contribution is 0.0263. The largest absolute Gasteiger partial charge is 0.382 e. The first-order valence-electron chi connectivity index (χ1n) is 4.17. The standard InChI is InChI=1S/C8H17NO2/c1-7-5-8(6-9-7)11-4-3-10-2/h7-9H,3-6H2,1-2H3/t7-,8-/m1/s1. The van der Waals surface area contributed by atoms with Crippen molar-refractivity contribution < 1.29 is 9.47 Å². The third-order valence-electron chi connectivity index (χ3n) is 1.95. The zero-order valence-corrected chi connectivity index (χ0v) is 7.30. The Morgan fingerprint density at radius 3 is 2.82 bits per heavy atom. The molecule has 66 valence electrons. The molecule has 1 rings (SSSR count). The minimum Gasteiger partial charge on any atom is -0.382 e. The lowest BCUT2D eigenvalue weighted by Crippen LogP contribution is -2.19. The second-order valence-electron chi connectivity index (χ2n) is 3.03. The third-order valence-corrected chi connectivity index (χ3v) is 1.95. The van der Waals surface area contributed by atoms with Crippen molar-refractivity contribution in [3.05, 3.63) is 0 Å². The number of ether oxygens (including phenoxy) is 2. The van der Waals surface area contributed by atoms with Crippen LogP contribution in [0.2, 0.25) is 0 Å². The third kappa shape index (κ3) is 3.18. The molecule has 0 spiro atoms. The van der Waals surface area contributed by atoms with Gasteiger partial charge in [0.2, 0.25) is 0 Å². The van der Waals surface area contributed by atoms with Crippen molar-refractivity contribution >= 4 is 0 Å². The molecule has 0 unspecified atom stereocenters. The number of methoxy groups -OCH3 is 1. The molecule has 0 aromatic rings. The van der Waals surface area contributed by atoms with Crippen molar-refractivity contribution in [2.75, 3.05) is 26.9 Å². The lowest BCUT2D eigenvalue weighted by Gasteiger charge is -2.09. The molecule has 0 aromatic heterocycles. The van der Waals surface area contributed by atoms with E-state index in [2.05, 4.69) is 12.2 Å². The Hall–Kier alpha value is -0.120. The van der Waals surface area contributed by atoms with Crippen molar-refractivity contribution in [3.63, 3.8) is 0 Å². The van der Waals surface area contributed by atoms with Gasteiger partial charge in [0.1, 0.15) is 0 Å². The van der Waals surface area contributed by atoms with Crippen LogP contribution < -0.4 is 5.32 Å². The van der Waals surface area contributed by atoms with Gasteiger partial charge in [-0.1, -0.05) is 0 Å². The van der Waals surface area contributed by atoms with Crippen molar-refractivity contribution in [2.24, 2.45) is 0 Å². The van der Waals surface area contributed by atoms with Crippen molar-refractivity contribution in [3.8, 4) is 0 Å². The normalized spacial score (nSPS) is 31.1. The topological polar surface area (TPSA) is 30.5 Å². The highest BCUT2D eigenvalue weighted by atomic mass is 16.5. The van der Waals surface area contributed by atoms with E-state index >= 15 is 0 Å². The highest BCUT2D eigenvalue weighted by Gasteiger charge is 2.20. The first-order valence-corrected chi connectivity index (χ1v) is 4.17. The fraction of sp³-hybridized carbons (Fsp3) is 1.00. The van der Waals surface area contributed by atoms with Crippen LogP contribution in [0.15, 0.2) is 0 Å². The summed E-state index contributed by atoms with van der Waals surface area (Å²) in [5.74, 6) is 0. The van der Waals surface area contributed by atoms with Crippen LogP contribution in [0.25, 0.3) is 0 Å². The maximum absolute atomic E-state index is 5.53. The molecule has 0 bridgehead atoms. The second kappa shape index (κ2) is 4.70. The summed E-state index contributed by atoms with van der Waals surface area (Å²) in [7, 11) is 1.69. The number of hydrogen-bond donors (Lipinski definition) is 1. The van der Waals surface area contributed by atoms with Gasteiger partial charge in [-0.2, -0.15) is 0 Å². The molecule has 0 amide bonds. The predicted molar refractivity (Wildman–Crippen MR) is 43.7 cm³/mol. The number of hydrogen-bond acceptors (Lipinski definition) is 3. The summed E-state index contributed by atoms with van der Waals surface area (Å²) in [6.07, 6.45) is 1.53. The molecule has 0 aliphatic carbocycles. The Bertz CT molecular complexity index is 108. The van der Waals surface area contributed by atoms with Gasteiger partial charge in [0.15, 0.2) is 0 Å². The summed E-state index contributed by atoms with van der Waals surface area (Å²) in [6, 6.07) is 0.613. The van der Waals surface area contributed by atoms with E-state index in [1.807, 2.05) is 0 Å². The van der Waals surface area contributed by atoms with Gasteiger partial charge in [-0.25, -0.2) is 0 Å². The van der Waals surface area contributed by atoms with Gasteiger partial charge in [0, 0.05) is 19.7 Å². The Kier molecular flexibility index (Phi) is 3.83. The molecule has 0 radical (unpaired) electrons. The van der Waals surface area contributed by atoms with E-state index in [0.717, 1.165) is 19.6 Å². The molecule has 3 nitrogen and oxygen atoms in total. The molecular formula is C8H17NO2. The lowest BCUT2D eigenvalue weighted by atomic mass is 10.2. The number of rotatable bonds is 4. The fourth-order valence-electron chi connectivity index (χ4n) is 1.32. The fourth-order valence-corrected chi connectivity index (χ4v) is 1.32. The Morgan fingerprint density at radius 1 is 1.45 bits per heavy atom. The average Bonchev–Trinajstić information content (AvgIpc) is 2.37. The molecule has 1 heterocycles. The van der Waals surface area contributed by atoms with E-state index < -0.39 is 0 Å². The van der Waals surface area contributed by atoms with Crippen LogP contribution in [0.5, 0.6) is 0 Å². The van der Waals surface area contributed by atoms with Crippen molar-refractivity contribution in [1.29, 1.82) is 0 Å². The molecule has 2 atom stereocenters. The van der Waals surface area contributed by atoms with Crippen LogP contribution in [0.3, 0.4) is 0 Å². The average molecular weight is 159 g/mol. The summed E-state index contributed by atoms with van der Waals surface area (Å²) in [5, 5.41) is 3.33. The van der Waals surface area contributed by atoms with E-state index in [-0.39, 0.29) is 0 Å². The van der Waals surface area contributed by atoms with Gasteiger partial charge in [-0.15, -0.1) is 0 Å². The zero-order chi connectivity index (χ0) is 8.10. The summed E-state index contributed by atoms with van der Waals surface area (Å²) in [6.45, 7) is 4.59. The van der Waals surface area contributed by atoms with Crippen LogP contribution in [0.1, 0.15) is 13.3 Å². The van der Waals surface area contributed by atoms with E-state index in [0.29, 0.717) is 18.8 Å². The van der Waals surface area contributed by atoms with E-state index in [1.54, 1.807) is 7.11 Å². The van der Waals surface area contributed by atoms with Gasteiger partial charge in [-0.3, -0.25) is 0 Å². The van der Waals surface area contributed by atoms with Gasteiger partial charge in [-0.05, 0) is 13.3 Å². The van der Waals surface area contributed by atoms with Crippen LogP contribution in [-0.4, -0.2) is 39.0 Å².